The summed E-state index contributed by atoms with van der Waals surface area (Å²) in [5.74, 6) is 0.00316. The van der Waals surface area contributed by atoms with E-state index in [1.165, 1.54) is 12.5 Å². The van der Waals surface area contributed by atoms with Crippen molar-refractivity contribution in [3.05, 3.63) is 41.7 Å². The highest BCUT2D eigenvalue weighted by Crippen LogP contribution is 2.38. The summed E-state index contributed by atoms with van der Waals surface area (Å²) in [7, 11) is -3.19. The molecule has 37 heavy (non-hydrogen) atoms. The number of Topliss-reactive ketones (excluding diaryl/α,β-unsaturated/α-hetero) is 1. The number of carbonyl (C=O) groups excluding carboxylic acids is 2. The van der Waals surface area contributed by atoms with Crippen molar-refractivity contribution in [1.29, 1.82) is 0 Å². The van der Waals surface area contributed by atoms with Crippen LogP contribution in [0.25, 0.3) is 21.8 Å². The molecule has 3 N–H and O–H groups in total. The number of nitrogens with one attached hydrogen (secondary N) is 1. The highest BCUT2D eigenvalue weighted by Gasteiger charge is 2.45. The Balaban J connectivity index is 1.46. The predicted octanol–water partition coefficient (Wildman–Crippen LogP) is 1.32. The van der Waals surface area contributed by atoms with E-state index in [-0.39, 0.29) is 5.92 Å². The minimum Gasteiger partial charge on any atom is -0.365 e. The number of aromatic nitrogens is 2. The van der Waals surface area contributed by atoms with Gasteiger partial charge < -0.3 is 16.1 Å². The van der Waals surface area contributed by atoms with Gasteiger partial charge in [-0.1, -0.05) is 6.07 Å². The molecule has 11 heteroatoms. The molecule has 3 aliphatic heterocycles. The van der Waals surface area contributed by atoms with Gasteiger partial charge in [0.05, 0.1) is 28.3 Å². The Morgan fingerprint density at radius 2 is 1.95 bits per heavy atom. The van der Waals surface area contributed by atoms with Crippen LogP contribution in [-0.2, 0) is 14.8 Å². The number of primary amides is 1. The van der Waals surface area contributed by atoms with Crippen LogP contribution in [0, 0.1) is 5.41 Å². The van der Waals surface area contributed by atoms with Crippen molar-refractivity contribution >= 4 is 43.5 Å². The van der Waals surface area contributed by atoms with Crippen molar-refractivity contribution in [2.75, 3.05) is 50.5 Å². The predicted molar refractivity (Wildman–Crippen MR) is 142 cm³/mol. The third kappa shape index (κ3) is 4.00. The monoisotopic (exact) mass is 524 g/mol. The van der Waals surface area contributed by atoms with Gasteiger partial charge in [0.15, 0.2) is 0 Å². The maximum atomic E-state index is 12.9. The molecule has 1 amide bonds. The number of ketones is 1. The lowest BCUT2D eigenvalue weighted by Gasteiger charge is -2.41. The van der Waals surface area contributed by atoms with Gasteiger partial charge in [-0.15, -0.1) is 0 Å². The molecule has 0 saturated carbocycles. The number of pyridine rings is 1. The Kier molecular flexibility index (Phi) is 5.77. The van der Waals surface area contributed by atoms with Crippen LogP contribution in [0.4, 0.5) is 0 Å². The number of hydrogen-bond acceptors (Lipinski definition) is 7. The van der Waals surface area contributed by atoms with Crippen molar-refractivity contribution in [2.24, 2.45) is 11.1 Å². The van der Waals surface area contributed by atoms with Crippen molar-refractivity contribution in [3.8, 4) is 0 Å². The molecule has 3 saturated heterocycles. The van der Waals surface area contributed by atoms with Crippen LogP contribution < -0.4 is 16.1 Å². The molecule has 3 aromatic rings. The minimum absolute atomic E-state index is 0.244. The van der Waals surface area contributed by atoms with Crippen LogP contribution in [0.5, 0.6) is 0 Å². The average molecular weight is 525 g/mol. The fourth-order valence-electron chi connectivity index (χ4n) is 6.50. The number of fused-ring (bicyclic) bond motifs is 3. The summed E-state index contributed by atoms with van der Waals surface area (Å²) >= 11 is 0. The molecule has 2 aromatic heterocycles. The van der Waals surface area contributed by atoms with Crippen molar-refractivity contribution < 1.29 is 18.0 Å². The van der Waals surface area contributed by atoms with Gasteiger partial charge in [0.1, 0.15) is 5.78 Å². The normalized spacial score (nSPS) is 24.0. The van der Waals surface area contributed by atoms with E-state index in [9.17, 15) is 18.0 Å². The molecule has 0 bridgehead atoms. The number of rotatable bonds is 4. The number of nitrogens with zero attached hydrogens (tertiary/aromatic N) is 4. The molecule has 3 aliphatic rings. The molecule has 0 radical (unpaired) electrons. The standard InChI is InChI=1S/C26H32N6O4S/c1-37(35,36)31-10-4-17(5-11-31)18-2-3-22-19(12-18)20-13-29-14-21(25(27)34)24(20)32(22)30-9-6-23(33)26(16-30)7-8-28-15-26/h2-3,12-14,17,28H,4-11,15-16H2,1H3,(H2,27,34). The van der Waals surface area contributed by atoms with E-state index in [1.54, 1.807) is 10.5 Å². The van der Waals surface area contributed by atoms with Crippen LogP contribution in [0.2, 0.25) is 0 Å². The molecule has 5 heterocycles. The smallest absolute Gasteiger partial charge is 0.252 e. The molecule has 196 valence electrons. The zero-order valence-electron chi connectivity index (χ0n) is 20.9. The summed E-state index contributed by atoms with van der Waals surface area (Å²) in [6.07, 6.45) is 7.33. The number of hydrogen-bond donors (Lipinski definition) is 2. The maximum Gasteiger partial charge on any atom is 0.252 e. The van der Waals surface area contributed by atoms with Crippen LogP contribution in [0.15, 0.2) is 30.6 Å². The van der Waals surface area contributed by atoms with Gasteiger partial charge in [0, 0.05) is 62.3 Å². The van der Waals surface area contributed by atoms with Gasteiger partial charge >= 0.3 is 0 Å². The van der Waals surface area contributed by atoms with Gasteiger partial charge in [-0.2, -0.15) is 0 Å². The van der Waals surface area contributed by atoms with E-state index in [0.29, 0.717) is 50.5 Å². The number of piperidine rings is 2. The number of carbonyl (C=O) groups is 2. The van der Waals surface area contributed by atoms with Gasteiger partial charge in [-0.25, -0.2) is 12.7 Å². The average Bonchev–Trinajstić information content (AvgIpc) is 3.48. The molecule has 0 aliphatic carbocycles. The molecule has 1 atom stereocenters. The van der Waals surface area contributed by atoms with Gasteiger partial charge in [-0.3, -0.25) is 19.2 Å². The fourth-order valence-corrected chi connectivity index (χ4v) is 7.38. The summed E-state index contributed by atoms with van der Waals surface area (Å²) in [6.45, 7) is 3.64. The lowest BCUT2D eigenvalue weighted by molar-refractivity contribution is -0.128. The molecule has 1 unspecified atom stereocenters. The molecular weight excluding hydrogens is 492 g/mol. The Bertz CT molecular complexity index is 1520. The zero-order chi connectivity index (χ0) is 25.9. The van der Waals surface area contributed by atoms with E-state index in [1.807, 2.05) is 0 Å². The Labute approximate surface area is 215 Å². The Morgan fingerprint density at radius 3 is 2.62 bits per heavy atom. The molecule has 3 fully saturated rings. The van der Waals surface area contributed by atoms with Crippen molar-refractivity contribution in [3.63, 3.8) is 0 Å². The quantitative estimate of drug-likeness (QED) is 0.526. The first kappa shape index (κ1) is 24.3. The molecule has 1 spiro atoms. The third-order valence-electron chi connectivity index (χ3n) is 8.53. The van der Waals surface area contributed by atoms with E-state index in [0.717, 1.165) is 53.2 Å². The third-order valence-corrected chi connectivity index (χ3v) is 9.83. The summed E-state index contributed by atoms with van der Waals surface area (Å²) in [6, 6.07) is 6.34. The number of nitrogens with two attached hydrogens (primary N) is 1. The largest absolute Gasteiger partial charge is 0.365 e. The first-order valence-electron chi connectivity index (χ1n) is 12.8. The topological polar surface area (TPSA) is 131 Å². The van der Waals surface area contributed by atoms with E-state index in [2.05, 4.69) is 38.2 Å². The first-order chi connectivity index (χ1) is 17.7. The number of benzene rings is 1. The number of sulfonamides is 1. The van der Waals surface area contributed by atoms with Crippen LogP contribution in [0.1, 0.15) is 47.5 Å². The van der Waals surface area contributed by atoms with Crippen LogP contribution >= 0.6 is 0 Å². The highest BCUT2D eigenvalue weighted by atomic mass is 32.2. The van der Waals surface area contributed by atoms with Gasteiger partial charge in [-0.05, 0) is 49.4 Å². The molecular formula is C26H32N6O4S. The highest BCUT2D eigenvalue weighted by molar-refractivity contribution is 7.88. The number of amides is 1. The second-order valence-electron chi connectivity index (χ2n) is 10.7. The second-order valence-corrected chi connectivity index (χ2v) is 12.7. The lowest BCUT2D eigenvalue weighted by Crippen LogP contribution is -2.54. The Hall–Kier alpha value is -3.02. The molecule has 1 aromatic carbocycles. The zero-order valence-corrected chi connectivity index (χ0v) is 21.8. The first-order valence-corrected chi connectivity index (χ1v) is 14.7. The van der Waals surface area contributed by atoms with Crippen LogP contribution in [0.3, 0.4) is 0 Å². The van der Waals surface area contributed by atoms with E-state index in [4.69, 9.17) is 5.73 Å². The van der Waals surface area contributed by atoms with Gasteiger partial charge in [0.25, 0.3) is 5.91 Å². The lowest BCUT2D eigenvalue weighted by atomic mass is 9.78. The minimum atomic E-state index is -3.19. The summed E-state index contributed by atoms with van der Waals surface area (Å²) in [5.41, 5.74) is 8.55. The summed E-state index contributed by atoms with van der Waals surface area (Å²) < 4.78 is 27.5. The summed E-state index contributed by atoms with van der Waals surface area (Å²) in [5, 5.41) is 7.37. The molecule has 10 nitrogen and oxygen atoms in total. The van der Waals surface area contributed by atoms with E-state index >= 15 is 0 Å². The van der Waals surface area contributed by atoms with Gasteiger partial charge in [0.2, 0.25) is 10.0 Å². The fraction of sp³-hybridized carbons (Fsp3) is 0.500. The maximum absolute atomic E-state index is 12.9. The second kappa shape index (κ2) is 8.78. The van der Waals surface area contributed by atoms with Crippen molar-refractivity contribution in [2.45, 2.75) is 31.6 Å². The van der Waals surface area contributed by atoms with Crippen LogP contribution in [-0.4, -0.2) is 79.6 Å². The SMILES string of the molecule is CS(=O)(=O)N1CCC(c2ccc3c(c2)c2cncc(C(N)=O)c2n3N2CCC(=O)C3(CCNC3)C2)CC1. The van der Waals surface area contributed by atoms with E-state index < -0.39 is 21.3 Å². The van der Waals surface area contributed by atoms with Crippen molar-refractivity contribution in [1.82, 2.24) is 19.3 Å². The Morgan fingerprint density at radius 1 is 1.16 bits per heavy atom. The summed E-state index contributed by atoms with van der Waals surface area (Å²) in [4.78, 5) is 29.8. The molecule has 6 rings (SSSR count).